The van der Waals surface area contributed by atoms with Gasteiger partial charge in [0.2, 0.25) is 0 Å². The molecule has 0 radical (unpaired) electrons. The second kappa shape index (κ2) is 9.25. The molecule has 0 aliphatic carbocycles. The second-order valence-electron chi connectivity index (χ2n) is 7.21. The van der Waals surface area contributed by atoms with Gasteiger partial charge in [0, 0.05) is 0 Å². The fourth-order valence-corrected chi connectivity index (χ4v) is 4.94. The maximum Gasteiger partial charge on any atom is 0.186 e. The summed E-state index contributed by atoms with van der Waals surface area (Å²) in [5, 5.41) is 0. The summed E-state index contributed by atoms with van der Waals surface area (Å²) in [6.07, 6.45) is 1.72. The second-order valence-corrected chi connectivity index (χ2v) is 9.16. The highest BCUT2D eigenvalue weighted by molar-refractivity contribution is 7.90. The normalized spacial score (nSPS) is 11.4. The molecule has 0 saturated carbocycles. The van der Waals surface area contributed by atoms with Crippen LogP contribution in [-0.2, 0) is 22.0 Å². The monoisotopic (exact) mass is 409 g/mol. The van der Waals surface area contributed by atoms with Crippen LogP contribution in [0.3, 0.4) is 0 Å². The van der Waals surface area contributed by atoms with Gasteiger partial charge in [-0.15, -0.1) is 0 Å². The molecule has 29 heavy (non-hydrogen) atoms. The van der Waals surface area contributed by atoms with Gasteiger partial charge in [-0.25, -0.2) is 8.42 Å². The van der Waals surface area contributed by atoms with Crippen molar-refractivity contribution in [3.8, 4) is 16.9 Å². The van der Waals surface area contributed by atoms with Gasteiger partial charge >= 0.3 is 0 Å². The van der Waals surface area contributed by atoms with Gasteiger partial charge in [-0.1, -0.05) is 60.2 Å². The van der Waals surface area contributed by atoms with E-state index in [1.165, 1.54) is 7.11 Å². The molecular weight excluding hydrogens is 382 g/mol. The van der Waals surface area contributed by atoms with Crippen LogP contribution in [0.2, 0.25) is 0 Å². The summed E-state index contributed by atoms with van der Waals surface area (Å²) in [4.78, 5) is 0.214. The predicted octanol–water partition coefficient (Wildman–Crippen LogP) is 4.54. The number of nitrogens with two attached hydrogens (primary N) is 1. The number of aryl methyl sites for hydroxylation is 2. The van der Waals surface area contributed by atoms with Gasteiger partial charge in [-0.05, 0) is 60.7 Å². The molecule has 0 fully saturated rings. The molecule has 3 rings (SSSR count). The highest BCUT2D eigenvalue weighted by atomic mass is 32.2. The first-order valence-electron chi connectivity index (χ1n) is 9.68. The Balaban J connectivity index is 1.96. The molecule has 152 valence electrons. The molecule has 0 aromatic heterocycles. The van der Waals surface area contributed by atoms with Gasteiger partial charge in [0.05, 0.1) is 12.9 Å². The van der Waals surface area contributed by atoms with Gasteiger partial charge in [-0.2, -0.15) is 0 Å². The average Bonchev–Trinajstić information content (AvgIpc) is 2.71. The Hall–Kier alpha value is -2.63. The topological polar surface area (TPSA) is 69.4 Å². The maximum absolute atomic E-state index is 13.3. The lowest BCUT2D eigenvalue weighted by atomic mass is 10.0. The molecule has 0 saturated heterocycles. The van der Waals surface area contributed by atoms with Crippen molar-refractivity contribution in [2.45, 2.75) is 30.4 Å². The van der Waals surface area contributed by atoms with Crippen molar-refractivity contribution in [3.63, 3.8) is 0 Å². The Morgan fingerprint density at radius 3 is 2.34 bits per heavy atom. The first kappa shape index (κ1) is 21.1. The average molecular weight is 410 g/mol. The highest BCUT2D eigenvalue weighted by Crippen LogP contribution is 2.32. The molecule has 3 aromatic rings. The lowest BCUT2D eigenvalue weighted by molar-refractivity contribution is 0.403. The molecule has 2 N–H and O–H groups in total. The Labute approximate surface area is 173 Å². The Bertz CT molecular complexity index is 1090. The van der Waals surface area contributed by atoms with Crippen molar-refractivity contribution in [1.82, 2.24) is 0 Å². The lowest BCUT2D eigenvalue weighted by Gasteiger charge is -2.13. The molecule has 0 aliphatic rings. The van der Waals surface area contributed by atoms with Crippen LogP contribution in [0, 0.1) is 6.92 Å². The van der Waals surface area contributed by atoms with Gasteiger partial charge < -0.3 is 10.5 Å². The Kier molecular flexibility index (Phi) is 6.72. The number of hydrogen-bond donors (Lipinski definition) is 1. The van der Waals surface area contributed by atoms with E-state index in [4.69, 9.17) is 10.5 Å². The van der Waals surface area contributed by atoms with Crippen molar-refractivity contribution in [2.75, 3.05) is 13.7 Å². The van der Waals surface area contributed by atoms with Crippen molar-refractivity contribution in [1.29, 1.82) is 0 Å². The summed E-state index contributed by atoms with van der Waals surface area (Å²) in [5.74, 6) is 0.289. The van der Waals surface area contributed by atoms with E-state index < -0.39 is 9.84 Å². The number of methoxy groups -OCH3 is 1. The van der Waals surface area contributed by atoms with Crippen LogP contribution in [0.4, 0.5) is 0 Å². The smallest absolute Gasteiger partial charge is 0.186 e. The first-order chi connectivity index (χ1) is 13.9. The fourth-order valence-electron chi connectivity index (χ4n) is 3.40. The molecule has 0 amide bonds. The van der Waals surface area contributed by atoms with Crippen molar-refractivity contribution < 1.29 is 13.2 Å². The number of ether oxygens (including phenoxy) is 1. The molecule has 0 aliphatic heterocycles. The third kappa shape index (κ3) is 5.25. The van der Waals surface area contributed by atoms with E-state index in [2.05, 4.69) is 0 Å². The standard InChI is InChI=1S/C24H27NO3S/c1-18-6-3-10-21(14-18)22-11-12-23(28-2)24(16-22)29(26,27)17-20-8-4-7-19(15-20)9-5-13-25/h3-4,6-8,10-12,14-16H,5,9,13,17,25H2,1-2H3. The van der Waals surface area contributed by atoms with Crippen LogP contribution in [0.1, 0.15) is 23.1 Å². The van der Waals surface area contributed by atoms with Crippen LogP contribution in [0.15, 0.2) is 71.6 Å². The number of sulfone groups is 1. The number of rotatable bonds is 8. The molecule has 0 atom stereocenters. The Morgan fingerprint density at radius 2 is 1.62 bits per heavy atom. The molecule has 5 heteroatoms. The molecule has 3 aromatic carbocycles. The van der Waals surface area contributed by atoms with E-state index in [1.807, 2.05) is 61.5 Å². The number of benzene rings is 3. The summed E-state index contributed by atoms with van der Waals surface area (Å²) >= 11 is 0. The van der Waals surface area contributed by atoms with Gasteiger partial charge in [0.1, 0.15) is 10.6 Å². The summed E-state index contributed by atoms with van der Waals surface area (Å²) in [6, 6.07) is 21.0. The molecular formula is C24H27NO3S. The van der Waals surface area contributed by atoms with Crippen LogP contribution >= 0.6 is 0 Å². The zero-order chi connectivity index (χ0) is 20.9. The maximum atomic E-state index is 13.3. The third-order valence-electron chi connectivity index (χ3n) is 4.87. The van der Waals surface area contributed by atoms with Crippen molar-refractivity contribution >= 4 is 9.84 Å². The summed E-state index contributed by atoms with van der Waals surface area (Å²) in [5.41, 5.74) is 10.4. The minimum Gasteiger partial charge on any atom is -0.495 e. The quantitative estimate of drug-likeness (QED) is 0.593. The lowest BCUT2D eigenvalue weighted by Crippen LogP contribution is -2.08. The number of hydrogen-bond acceptors (Lipinski definition) is 4. The third-order valence-corrected chi connectivity index (χ3v) is 6.57. The van der Waals surface area contributed by atoms with E-state index in [1.54, 1.807) is 12.1 Å². The van der Waals surface area contributed by atoms with Crippen LogP contribution in [0.25, 0.3) is 11.1 Å². The zero-order valence-electron chi connectivity index (χ0n) is 16.9. The summed E-state index contributed by atoms with van der Waals surface area (Å²) in [7, 11) is -2.09. The Morgan fingerprint density at radius 1 is 0.897 bits per heavy atom. The van der Waals surface area contributed by atoms with E-state index in [9.17, 15) is 8.42 Å². The van der Waals surface area contributed by atoms with Crippen LogP contribution < -0.4 is 10.5 Å². The molecule has 0 unspecified atom stereocenters. The summed E-state index contributed by atoms with van der Waals surface area (Å²) in [6.45, 7) is 2.63. The molecule has 0 bridgehead atoms. The molecule has 0 spiro atoms. The van der Waals surface area contributed by atoms with Crippen molar-refractivity contribution in [2.24, 2.45) is 5.73 Å². The van der Waals surface area contributed by atoms with E-state index in [0.29, 0.717) is 12.3 Å². The van der Waals surface area contributed by atoms with Gasteiger partial charge in [-0.3, -0.25) is 0 Å². The summed E-state index contributed by atoms with van der Waals surface area (Å²) < 4.78 is 31.9. The predicted molar refractivity (Wildman–Crippen MR) is 118 cm³/mol. The fraction of sp³-hybridized carbons (Fsp3) is 0.250. The highest BCUT2D eigenvalue weighted by Gasteiger charge is 2.21. The molecule has 0 heterocycles. The zero-order valence-corrected chi connectivity index (χ0v) is 17.7. The van der Waals surface area contributed by atoms with Crippen molar-refractivity contribution in [3.05, 3.63) is 83.4 Å². The van der Waals surface area contributed by atoms with E-state index in [0.717, 1.165) is 40.7 Å². The molecule has 4 nitrogen and oxygen atoms in total. The van der Waals surface area contributed by atoms with Gasteiger partial charge in [0.25, 0.3) is 0 Å². The SMILES string of the molecule is COc1ccc(-c2cccc(C)c2)cc1S(=O)(=O)Cc1cccc(CCCN)c1. The van der Waals surface area contributed by atoms with Crippen LogP contribution in [-0.4, -0.2) is 22.1 Å². The van der Waals surface area contributed by atoms with Gasteiger partial charge in [0.15, 0.2) is 9.84 Å². The minimum atomic E-state index is -3.58. The van der Waals surface area contributed by atoms with Crippen LogP contribution in [0.5, 0.6) is 5.75 Å². The largest absolute Gasteiger partial charge is 0.495 e. The van der Waals surface area contributed by atoms with E-state index in [-0.39, 0.29) is 10.6 Å². The van der Waals surface area contributed by atoms with E-state index >= 15 is 0 Å². The minimum absolute atomic E-state index is 0.0723. The first-order valence-corrected chi connectivity index (χ1v) is 11.3.